The second-order valence-corrected chi connectivity index (χ2v) is 9.86. The van der Waals surface area contributed by atoms with Crippen molar-refractivity contribution >= 4 is 27.6 Å². The number of nitrogens with zero attached hydrogens (tertiary/aromatic N) is 4. The smallest absolute Gasteiger partial charge is 0.374 e. The quantitative estimate of drug-likeness (QED) is 0.606. The Balaban J connectivity index is 1.71. The molecule has 4 rings (SSSR count). The molecule has 1 aromatic heterocycles. The average molecular weight is 502 g/mol. The van der Waals surface area contributed by atoms with Crippen LogP contribution in [0.3, 0.4) is 0 Å². The largest absolute Gasteiger partial charge is 0.434 e. The lowest BCUT2D eigenvalue weighted by Crippen LogP contribution is -2.58. The lowest BCUT2D eigenvalue weighted by molar-refractivity contribution is -0.141. The van der Waals surface area contributed by atoms with Gasteiger partial charge < -0.3 is 15.8 Å². The van der Waals surface area contributed by atoms with Gasteiger partial charge in [0, 0.05) is 18.3 Å². The summed E-state index contributed by atoms with van der Waals surface area (Å²) in [6.45, 7) is 1.23. The molecule has 1 amide bonds. The van der Waals surface area contributed by atoms with E-state index in [9.17, 15) is 30.8 Å². The molecule has 34 heavy (non-hydrogen) atoms. The summed E-state index contributed by atoms with van der Waals surface area (Å²) in [5, 5.41) is 1.09. The molecular formula is C19H18F4N6O4S. The first kappa shape index (κ1) is 23.8. The van der Waals surface area contributed by atoms with Gasteiger partial charge in [0.25, 0.3) is 5.91 Å². The minimum atomic E-state index is -4.72. The molecule has 2 aliphatic heterocycles. The maximum atomic E-state index is 15.0. The monoisotopic (exact) mass is 502 g/mol. The first-order chi connectivity index (χ1) is 15.8. The van der Waals surface area contributed by atoms with E-state index in [0.29, 0.717) is 12.4 Å². The van der Waals surface area contributed by atoms with Crippen LogP contribution in [-0.4, -0.2) is 59.6 Å². The van der Waals surface area contributed by atoms with Crippen molar-refractivity contribution in [3.05, 3.63) is 53.4 Å². The van der Waals surface area contributed by atoms with E-state index in [2.05, 4.69) is 20.3 Å². The first-order valence-electron chi connectivity index (χ1n) is 9.72. The molecular weight excluding hydrogens is 484 g/mol. The number of aromatic nitrogens is 2. The van der Waals surface area contributed by atoms with Gasteiger partial charge in [-0.2, -0.15) is 13.2 Å². The Morgan fingerprint density at radius 1 is 1.29 bits per heavy atom. The molecule has 2 aromatic rings. The van der Waals surface area contributed by atoms with Crippen LogP contribution >= 0.6 is 0 Å². The van der Waals surface area contributed by atoms with Gasteiger partial charge in [-0.15, -0.1) is 0 Å². The molecule has 0 radical (unpaired) electrons. The molecule has 1 aromatic carbocycles. The van der Waals surface area contributed by atoms with Crippen molar-refractivity contribution in [2.75, 3.05) is 19.0 Å². The summed E-state index contributed by atoms with van der Waals surface area (Å²) >= 11 is 0. The van der Waals surface area contributed by atoms with Gasteiger partial charge in [-0.25, -0.2) is 32.1 Å². The number of nitrogens with one attached hydrogen (secondary N) is 1. The fraction of sp³-hybridized carbons (Fsp3) is 0.368. The van der Waals surface area contributed by atoms with Crippen molar-refractivity contribution in [3.63, 3.8) is 0 Å². The Bertz CT molecular complexity index is 1280. The second-order valence-electron chi connectivity index (χ2n) is 7.78. The van der Waals surface area contributed by atoms with Crippen molar-refractivity contribution in [2.45, 2.75) is 30.0 Å². The van der Waals surface area contributed by atoms with E-state index in [1.807, 2.05) is 0 Å². The molecule has 3 atom stereocenters. The lowest BCUT2D eigenvalue weighted by atomic mass is 9.86. The molecule has 15 heteroatoms. The number of benzene rings is 1. The molecule has 182 valence electrons. The van der Waals surface area contributed by atoms with Crippen molar-refractivity contribution in [3.8, 4) is 0 Å². The van der Waals surface area contributed by atoms with Crippen LogP contribution in [-0.2, 0) is 26.5 Å². The zero-order valence-electron chi connectivity index (χ0n) is 17.7. The molecule has 0 spiro atoms. The number of hydrogen-bond donors (Lipinski definition) is 2. The lowest BCUT2D eigenvalue weighted by Gasteiger charge is -2.39. The van der Waals surface area contributed by atoms with E-state index in [1.165, 1.54) is 26.1 Å². The second kappa shape index (κ2) is 7.87. The molecule has 10 nitrogen and oxygen atoms in total. The predicted octanol–water partition coefficient (Wildman–Crippen LogP) is 1.46. The normalized spacial score (nSPS) is 26.1. The van der Waals surface area contributed by atoms with E-state index in [-0.39, 0.29) is 23.8 Å². The maximum Gasteiger partial charge on any atom is 0.434 e. The van der Waals surface area contributed by atoms with E-state index < -0.39 is 56.2 Å². The number of fused-ring (bicyclic) bond motifs is 1. The van der Waals surface area contributed by atoms with Gasteiger partial charge in [-0.05, 0) is 25.1 Å². The number of carbonyl (C=O) groups is 1. The van der Waals surface area contributed by atoms with Gasteiger partial charge in [-0.3, -0.25) is 4.79 Å². The zero-order valence-corrected chi connectivity index (χ0v) is 18.5. The highest BCUT2D eigenvalue weighted by molar-refractivity contribution is 7.90. The Hall–Kier alpha value is -3.33. The van der Waals surface area contributed by atoms with Crippen LogP contribution in [0, 0.1) is 5.82 Å². The van der Waals surface area contributed by atoms with Crippen LogP contribution in [0.1, 0.15) is 28.7 Å². The third-order valence-corrected chi connectivity index (χ3v) is 8.03. The number of anilines is 1. The third-order valence-electron chi connectivity index (χ3n) is 5.67. The van der Waals surface area contributed by atoms with Gasteiger partial charge in [0.2, 0.25) is 16.0 Å². The van der Waals surface area contributed by atoms with Gasteiger partial charge >= 0.3 is 6.18 Å². The highest BCUT2D eigenvalue weighted by atomic mass is 32.2. The molecule has 0 aliphatic carbocycles. The Morgan fingerprint density at radius 2 is 2.00 bits per heavy atom. The molecule has 0 unspecified atom stereocenters. The predicted molar refractivity (Wildman–Crippen MR) is 111 cm³/mol. The molecule has 2 aliphatic rings. The molecule has 1 saturated heterocycles. The summed E-state index contributed by atoms with van der Waals surface area (Å²) in [7, 11) is -2.84. The van der Waals surface area contributed by atoms with Crippen LogP contribution in [0.5, 0.6) is 0 Å². The number of rotatable bonds is 3. The van der Waals surface area contributed by atoms with Crippen molar-refractivity contribution in [1.29, 1.82) is 0 Å². The number of hydrogen-bond acceptors (Lipinski definition) is 8. The van der Waals surface area contributed by atoms with Crippen LogP contribution in [0.15, 0.2) is 35.6 Å². The summed E-state index contributed by atoms with van der Waals surface area (Å²) < 4.78 is 85.4. The number of amides is 1. The van der Waals surface area contributed by atoms with Crippen LogP contribution in [0.25, 0.3) is 0 Å². The Kier molecular flexibility index (Phi) is 5.51. The topological polar surface area (TPSA) is 140 Å². The SMILES string of the molecule is C[C@@H]1OC[C@]2(c3cc(NC(=O)c4cnc(C(F)(F)F)cn4)ccc3F)N=C(N)N(C)S(=O)(=O)[C@H]12. The van der Waals surface area contributed by atoms with Gasteiger partial charge in [-0.1, -0.05) is 0 Å². The number of ether oxygens (including phenoxy) is 1. The van der Waals surface area contributed by atoms with E-state index in [4.69, 9.17) is 10.5 Å². The van der Waals surface area contributed by atoms with Crippen molar-refractivity contribution in [1.82, 2.24) is 14.3 Å². The molecule has 1 fully saturated rings. The highest BCUT2D eigenvalue weighted by Gasteiger charge is 2.61. The van der Waals surface area contributed by atoms with E-state index in [0.717, 1.165) is 10.4 Å². The molecule has 0 saturated carbocycles. The van der Waals surface area contributed by atoms with Crippen LogP contribution in [0.4, 0.5) is 23.2 Å². The number of sulfonamides is 1. The average Bonchev–Trinajstić information content (AvgIpc) is 3.11. The first-order valence-corrected chi connectivity index (χ1v) is 11.2. The summed E-state index contributed by atoms with van der Waals surface area (Å²) in [4.78, 5) is 23.4. The number of halogens is 4. The van der Waals surface area contributed by atoms with Crippen molar-refractivity contribution in [2.24, 2.45) is 10.7 Å². The number of nitrogens with two attached hydrogens (primary N) is 1. The highest BCUT2D eigenvalue weighted by Crippen LogP contribution is 2.46. The Morgan fingerprint density at radius 3 is 2.62 bits per heavy atom. The summed E-state index contributed by atoms with van der Waals surface area (Å²) in [5.41, 5.74) is 2.25. The van der Waals surface area contributed by atoms with E-state index in [1.54, 1.807) is 0 Å². The fourth-order valence-electron chi connectivity index (χ4n) is 3.99. The minimum Gasteiger partial charge on any atom is -0.374 e. The van der Waals surface area contributed by atoms with E-state index >= 15 is 0 Å². The number of guanidine groups is 1. The summed E-state index contributed by atoms with van der Waals surface area (Å²) in [5.74, 6) is -2.09. The molecule has 0 bridgehead atoms. The standard InChI is InChI=1S/C19H18F4N6O4S/c1-9-15-18(8-33-9,28-17(24)29(2)34(15,31)32)11-5-10(3-4-12(11)20)27-16(30)13-6-26-14(7-25-13)19(21,22)23/h3-7,9,15H,8H2,1-2H3,(H2,24,28)(H,27,30)/t9-,15+,18+/m0/s1. The number of alkyl halides is 3. The van der Waals surface area contributed by atoms with Crippen molar-refractivity contribution < 1.29 is 35.5 Å². The molecule has 3 N–H and O–H groups in total. The van der Waals surface area contributed by atoms with Gasteiger partial charge in [0.05, 0.1) is 25.1 Å². The van der Waals surface area contributed by atoms with Crippen LogP contribution in [0.2, 0.25) is 0 Å². The van der Waals surface area contributed by atoms with Gasteiger partial charge in [0.1, 0.15) is 22.3 Å². The summed E-state index contributed by atoms with van der Waals surface area (Å²) in [6, 6.07) is 3.36. The Labute approximate surface area is 190 Å². The zero-order chi connectivity index (χ0) is 25.1. The number of carbonyl (C=O) groups excluding carboxylic acids is 1. The van der Waals surface area contributed by atoms with Crippen LogP contribution < -0.4 is 11.1 Å². The summed E-state index contributed by atoms with van der Waals surface area (Å²) in [6.07, 6.45) is -4.50. The third kappa shape index (κ3) is 3.73. The van der Waals surface area contributed by atoms with Gasteiger partial charge in [0.15, 0.2) is 5.69 Å². The molecule has 3 heterocycles. The minimum absolute atomic E-state index is 0.0147. The number of aliphatic imine (C=N–C) groups is 1. The fourth-order valence-corrected chi connectivity index (χ4v) is 5.93. The maximum absolute atomic E-state index is 15.0.